The molecule has 0 saturated heterocycles. The molecule has 0 bridgehead atoms. The summed E-state index contributed by atoms with van der Waals surface area (Å²) in [6.07, 6.45) is 8.56. The van der Waals surface area contributed by atoms with Crippen LogP contribution in [-0.4, -0.2) is 255 Å². The van der Waals surface area contributed by atoms with E-state index in [9.17, 15) is 55.9 Å². The molecule has 0 aliphatic heterocycles. The van der Waals surface area contributed by atoms with E-state index in [0.29, 0.717) is 6.42 Å². The van der Waals surface area contributed by atoms with Crippen LogP contribution in [0, 0.1) is 0 Å². The van der Waals surface area contributed by atoms with Gasteiger partial charge in [0.05, 0.1) is 126 Å². The maximum absolute atomic E-state index is 12.0. The van der Waals surface area contributed by atoms with Crippen molar-refractivity contribution >= 4 is 5.97 Å². The van der Waals surface area contributed by atoms with Gasteiger partial charge in [-0.15, -0.1) is 0 Å². The molecule has 0 amide bonds. The Morgan fingerprint density at radius 3 is 0.686 bits per heavy atom. The molecule has 22 heteroatoms. The minimum absolute atomic E-state index is 0.125. The second-order valence-corrected chi connectivity index (χ2v) is 17.9. The van der Waals surface area contributed by atoms with Gasteiger partial charge < -0.3 is 104 Å². The molecular formula is C48H96O22. The third-order valence-corrected chi connectivity index (χ3v) is 10.2. The van der Waals surface area contributed by atoms with E-state index in [1.54, 1.807) is 0 Å². The van der Waals surface area contributed by atoms with Crippen LogP contribution in [0.3, 0.4) is 0 Å². The van der Waals surface area contributed by atoms with Crippen LogP contribution < -0.4 is 0 Å². The quantitative estimate of drug-likeness (QED) is 0.0271. The molecule has 0 radical (unpaired) electrons. The summed E-state index contributed by atoms with van der Waals surface area (Å²) in [5, 5.41) is 108. The van der Waals surface area contributed by atoms with Crippen molar-refractivity contribution in [2.45, 2.75) is 171 Å². The van der Waals surface area contributed by atoms with Crippen LogP contribution in [0.5, 0.6) is 0 Å². The van der Waals surface area contributed by atoms with Gasteiger partial charge in [-0.3, -0.25) is 4.79 Å². The number of hydrogen-bond donors (Lipinski definition) is 11. The Morgan fingerprint density at radius 1 is 0.286 bits per heavy atom. The first kappa shape index (κ1) is 68.7. The summed E-state index contributed by atoms with van der Waals surface area (Å²) in [7, 11) is 0. The second kappa shape index (κ2) is 49.9. The van der Waals surface area contributed by atoms with Crippen molar-refractivity contribution in [1.82, 2.24) is 0 Å². The molecule has 10 unspecified atom stereocenters. The van der Waals surface area contributed by atoms with Crippen LogP contribution in [0.4, 0.5) is 0 Å². The van der Waals surface area contributed by atoms with E-state index in [1.165, 1.54) is 77.0 Å². The zero-order valence-corrected chi connectivity index (χ0v) is 42.1. The number of ether oxygens (including phenoxy) is 10. The van der Waals surface area contributed by atoms with Crippen LogP contribution in [-0.2, 0) is 52.2 Å². The summed E-state index contributed by atoms with van der Waals surface area (Å²) >= 11 is 0. The second-order valence-electron chi connectivity index (χ2n) is 17.9. The molecule has 420 valence electrons. The maximum atomic E-state index is 12.0. The van der Waals surface area contributed by atoms with Crippen molar-refractivity contribution < 1.29 is 108 Å². The topological polar surface area (TPSA) is 332 Å². The monoisotopic (exact) mass is 1020 g/mol. The Morgan fingerprint density at radius 2 is 0.471 bits per heavy atom. The van der Waals surface area contributed by atoms with Crippen LogP contribution in [0.1, 0.15) is 110 Å². The van der Waals surface area contributed by atoms with Crippen LogP contribution in [0.15, 0.2) is 0 Å². The Balaban J connectivity index is 3.70. The van der Waals surface area contributed by atoms with Crippen molar-refractivity contribution in [2.24, 2.45) is 0 Å². The minimum atomic E-state index is -1.06. The first-order valence-corrected chi connectivity index (χ1v) is 25.5. The molecule has 10 atom stereocenters. The highest BCUT2D eigenvalue weighted by molar-refractivity contribution is 5.69. The molecule has 0 aliphatic carbocycles. The summed E-state index contributed by atoms with van der Waals surface area (Å²) in [4.78, 5) is 12.0. The SMILES string of the molecule is CCCCCCCCCCCCCCCCCC(=O)OCC(O)COCC(O)COCC(O)COCC(O)COCC(O)COCC(O)COCC(O)COCC(O)COCC(O)COCC(O)CO. The van der Waals surface area contributed by atoms with Gasteiger partial charge in [-0.1, -0.05) is 96.8 Å². The highest BCUT2D eigenvalue weighted by atomic mass is 16.6. The third-order valence-electron chi connectivity index (χ3n) is 10.2. The van der Waals surface area contributed by atoms with Gasteiger partial charge in [0, 0.05) is 6.42 Å². The Kier molecular flexibility index (Phi) is 48.9. The normalized spacial score (nSPS) is 16.3. The van der Waals surface area contributed by atoms with E-state index in [1.807, 2.05) is 0 Å². The van der Waals surface area contributed by atoms with Crippen molar-refractivity contribution in [3.05, 3.63) is 0 Å². The number of esters is 1. The first-order valence-electron chi connectivity index (χ1n) is 25.5. The number of aliphatic hydroxyl groups is 11. The highest BCUT2D eigenvalue weighted by Gasteiger charge is 2.16. The molecule has 0 heterocycles. The molecule has 22 nitrogen and oxygen atoms in total. The van der Waals surface area contributed by atoms with E-state index in [0.717, 1.165) is 19.3 Å². The van der Waals surface area contributed by atoms with Gasteiger partial charge in [0.1, 0.15) is 67.6 Å². The molecule has 11 N–H and O–H groups in total. The molecule has 0 rings (SSSR count). The lowest BCUT2D eigenvalue weighted by molar-refractivity contribution is -0.148. The van der Waals surface area contributed by atoms with Gasteiger partial charge in [-0.2, -0.15) is 0 Å². The molecule has 70 heavy (non-hydrogen) atoms. The van der Waals surface area contributed by atoms with Gasteiger partial charge in [-0.25, -0.2) is 0 Å². The molecule has 0 saturated carbocycles. The van der Waals surface area contributed by atoms with Gasteiger partial charge in [0.25, 0.3) is 0 Å². The van der Waals surface area contributed by atoms with E-state index in [-0.39, 0.29) is 132 Å². The average Bonchev–Trinajstić information content (AvgIpc) is 3.32. The zero-order chi connectivity index (χ0) is 51.9. The van der Waals surface area contributed by atoms with Gasteiger partial charge >= 0.3 is 5.97 Å². The molecule has 0 fully saturated rings. The Labute approximate surface area is 416 Å². The van der Waals surface area contributed by atoms with Crippen molar-refractivity contribution in [3.63, 3.8) is 0 Å². The van der Waals surface area contributed by atoms with E-state index >= 15 is 0 Å². The summed E-state index contributed by atoms with van der Waals surface area (Å²) < 4.78 is 52.2. The summed E-state index contributed by atoms with van der Waals surface area (Å²) in [5.74, 6) is -0.356. The molecular weight excluding hydrogens is 929 g/mol. The van der Waals surface area contributed by atoms with E-state index in [2.05, 4.69) is 6.92 Å². The van der Waals surface area contributed by atoms with E-state index in [4.69, 9.17) is 52.5 Å². The first-order chi connectivity index (χ1) is 33.7. The lowest BCUT2D eigenvalue weighted by atomic mass is 10.0. The number of aliphatic hydroxyl groups excluding tert-OH is 11. The average molecular weight is 1030 g/mol. The molecule has 0 aliphatic rings. The summed E-state index contributed by atoms with van der Waals surface area (Å²) in [6.45, 7) is -1.31. The van der Waals surface area contributed by atoms with Crippen molar-refractivity contribution in [2.75, 3.05) is 132 Å². The predicted octanol–water partition coefficient (Wildman–Crippen LogP) is -0.458. The molecule has 0 aromatic heterocycles. The van der Waals surface area contributed by atoms with E-state index < -0.39 is 67.6 Å². The molecule has 0 spiro atoms. The Bertz CT molecular complexity index is 1100. The summed E-state index contributed by atoms with van der Waals surface area (Å²) in [5.41, 5.74) is 0. The number of unbranched alkanes of at least 4 members (excludes halogenated alkanes) is 14. The number of rotatable bonds is 55. The number of carbonyl (C=O) groups is 1. The fourth-order valence-electron chi connectivity index (χ4n) is 6.45. The third kappa shape index (κ3) is 48.9. The summed E-state index contributed by atoms with van der Waals surface area (Å²) in [6, 6.07) is 0. The predicted molar refractivity (Wildman–Crippen MR) is 255 cm³/mol. The van der Waals surface area contributed by atoms with Gasteiger partial charge in [0.15, 0.2) is 0 Å². The fraction of sp³-hybridized carbons (Fsp3) is 0.979. The fourth-order valence-corrected chi connectivity index (χ4v) is 6.45. The largest absolute Gasteiger partial charge is 0.463 e. The van der Waals surface area contributed by atoms with Crippen LogP contribution >= 0.6 is 0 Å². The maximum Gasteiger partial charge on any atom is 0.305 e. The van der Waals surface area contributed by atoms with Crippen LogP contribution in [0.25, 0.3) is 0 Å². The minimum Gasteiger partial charge on any atom is -0.463 e. The van der Waals surface area contributed by atoms with Crippen LogP contribution in [0.2, 0.25) is 0 Å². The zero-order valence-electron chi connectivity index (χ0n) is 42.1. The number of hydrogen-bond acceptors (Lipinski definition) is 22. The van der Waals surface area contributed by atoms with Crippen molar-refractivity contribution in [3.8, 4) is 0 Å². The van der Waals surface area contributed by atoms with Gasteiger partial charge in [-0.05, 0) is 6.42 Å². The molecule has 0 aromatic rings. The van der Waals surface area contributed by atoms with Gasteiger partial charge in [0.2, 0.25) is 0 Å². The lowest BCUT2D eigenvalue weighted by Gasteiger charge is -2.18. The lowest BCUT2D eigenvalue weighted by Crippen LogP contribution is -2.32. The highest BCUT2D eigenvalue weighted by Crippen LogP contribution is 2.14. The standard InChI is InChI=1S/C48H96O22/c1-2-3-4-5-6-7-8-9-10-11-12-13-14-15-16-17-48(60)70-37-47(59)36-69-35-46(58)34-68-33-45(57)32-67-31-44(56)30-66-29-43(55)28-65-27-42(54)26-64-25-41(53)24-63-23-40(52)22-62-21-39(51)20-61-19-38(50)18-49/h38-47,49-59H,2-37H2,1H3. The Hall–Kier alpha value is -1.33. The molecule has 0 aromatic carbocycles. The number of carbonyl (C=O) groups excluding carboxylic acids is 1. The smallest absolute Gasteiger partial charge is 0.305 e. The van der Waals surface area contributed by atoms with Crippen molar-refractivity contribution in [1.29, 1.82) is 0 Å².